The van der Waals surface area contributed by atoms with Gasteiger partial charge >= 0.3 is 0 Å². The average molecular weight is 251 g/mol. The van der Waals surface area contributed by atoms with Gasteiger partial charge in [0.2, 0.25) is 0 Å². The van der Waals surface area contributed by atoms with Crippen molar-refractivity contribution in [2.45, 2.75) is 12.5 Å². The first-order valence-corrected chi connectivity index (χ1v) is 6.31. The van der Waals surface area contributed by atoms with Crippen LogP contribution in [0.15, 0.2) is 54.9 Å². The molecule has 0 aliphatic heterocycles. The fourth-order valence-electron chi connectivity index (χ4n) is 2.08. The summed E-state index contributed by atoms with van der Waals surface area (Å²) in [5.41, 5.74) is 2.29. The van der Waals surface area contributed by atoms with Gasteiger partial charge in [-0.15, -0.1) is 0 Å². The molecule has 0 N–H and O–H groups in total. The third kappa shape index (κ3) is 3.90. The largest absolute Gasteiger partial charge is 0.300 e. The molecular weight excluding hydrogens is 234 g/mol. The summed E-state index contributed by atoms with van der Waals surface area (Å²) >= 11 is 0. The maximum absolute atomic E-state index is 9.31. The van der Waals surface area contributed by atoms with E-state index in [0.29, 0.717) is 0 Å². The first-order valence-electron chi connectivity index (χ1n) is 6.31. The van der Waals surface area contributed by atoms with Crippen molar-refractivity contribution in [3.8, 4) is 6.07 Å². The third-order valence-electron chi connectivity index (χ3n) is 3.05. The van der Waals surface area contributed by atoms with Crippen LogP contribution in [-0.4, -0.2) is 23.5 Å². The van der Waals surface area contributed by atoms with Crippen LogP contribution < -0.4 is 0 Å². The molecule has 0 amide bonds. The van der Waals surface area contributed by atoms with Crippen LogP contribution >= 0.6 is 0 Å². The Morgan fingerprint density at radius 1 is 1.16 bits per heavy atom. The Morgan fingerprint density at radius 3 is 2.47 bits per heavy atom. The number of rotatable bonds is 5. The molecular formula is C16H17N3. The molecule has 19 heavy (non-hydrogen) atoms. The molecule has 0 radical (unpaired) electrons. The number of aromatic nitrogens is 1. The number of benzene rings is 1. The minimum absolute atomic E-state index is 0.0898. The van der Waals surface area contributed by atoms with Crippen LogP contribution in [-0.2, 0) is 6.54 Å². The van der Waals surface area contributed by atoms with Crippen molar-refractivity contribution < 1.29 is 0 Å². The van der Waals surface area contributed by atoms with Crippen LogP contribution in [0.5, 0.6) is 0 Å². The van der Waals surface area contributed by atoms with Crippen LogP contribution in [0.2, 0.25) is 0 Å². The highest BCUT2D eigenvalue weighted by atomic mass is 15.1. The summed E-state index contributed by atoms with van der Waals surface area (Å²) in [6.45, 7) is 1.55. The van der Waals surface area contributed by atoms with Gasteiger partial charge in [0.05, 0.1) is 12.0 Å². The Hall–Kier alpha value is -2.18. The van der Waals surface area contributed by atoms with Gasteiger partial charge in [-0.25, -0.2) is 0 Å². The number of likely N-dealkylation sites (N-methyl/N-ethyl adjacent to an activating group) is 1. The molecule has 3 heteroatoms. The van der Waals surface area contributed by atoms with E-state index in [4.69, 9.17) is 0 Å². The molecule has 0 aliphatic rings. The van der Waals surface area contributed by atoms with Crippen molar-refractivity contribution >= 4 is 0 Å². The van der Waals surface area contributed by atoms with E-state index in [1.54, 1.807) is 12.4 Å². The second-order valence-electron chi connectivity index (χ2n) is 4.64. The summed E-state index contributed by atoms with van der Waals surface area (Å²) in [6.07, 6.45) is 3.59. The van der Waals surface area contributed by atoms with Gasteiger partial charge in [0, 0.05) is 25.5 Å². The van der Waals surface area contributed by atoms with E-state index >= 15 is 0 Å². The lowest BCUT2D eigenvalue weighted by Gasteiger charge is -2.20. The van der Waals surface area contributed by atoms with E-state index in [0.717, 1.165) is 18.7 Å². The Morgan fingerprint density at radius 2 is 1.84 bits per heavy atom. The van der Waals surface area contributed by atoms with Crippen LogP contribution in [0.1, 0.15) is 17.0 Å². The lowest BCUT2D eigenvalue weighted by atomic mass is 10.0. The fourth-order valence-corrected chi connectivity index (χ4v) is 2.08. The molecule has 2 aromatic rings. The summed E-state index contributed by atoms with van der Waals surface area (Å²) in [7, 11) is 2.04. The van der Waals surface area contributed by atoms with Crippen LogP contribution in [0.25, 0.3) is 0 Å². The van der Waals surface area contributed by atoms with Gasteiger partial charge in [0.25, 0.3) is 0 Å². The third-order valence-corrected chi connectivity index (χ3v) is 3.05. The monoisotopic (exact) mass is 251 g/mol. The van der Waals surface area contributed by atoms with E-state index in [-0.39, 0.29) is 5.92 Å². The second kappa shape index (κ2) is 6.67. The highest BCUT2D eigenvalue weighted by Crippen LogP contribution is 2.16. The number of hydrogen-bond acceptors (Lipinski definition) is 3. The minimum atomic E-state index is -0.0898. The van der Waals surface area contributed by atoms with Crippen molar-refractivity contribution in [3.63, 3.8) is 0 Å². The second-order valence-corrected chi connectivity index (χ2v) is 4.64. The Labute approximate surface area is 114 Å². The number of nitrogens with zero attached hydrogens (tertiary/aromatic N) is 3. The Kier molecular flexibility index (Phi) is 4.66. The van der Waals surface area contributed by atoms with Gasteiger partial charge in [-0.3, -0.25) is 4.98 Å². The zero-order valence-corrected chi connectivity index (χ0v) is 11.0. The van der Waals surface area contributed by atoms with Gasteiger partial charge < -0.3 is 4.90 Å². The Balaban J connectivity index is 1.98. The first-order chi connectivity index (χ1) is 9.29. The molecule has 0 fully saturated rings. The fraction of sp³-hybridized carbons (Fsp3) is 0.250. The minimum Gasteiger partial charge on any atom is -0.300 e. The molecule has 1 unspecified atom stereocenters. The van der Waals surface area contributed by atoms with Gasteiger partial charge in [-0.05, 0) is 30.3 Å². The molecule has 1 aromatic carbocycles. The summed E-state index contributed by atoms with van der Waals surface area (Å²) in [6, 6.07) is 16.3. The van der Waals surface area contributed by atoms with E-state index in [1.807, 2.05) is 49.5 Å². The molecule has 1 aromatic heterocycles. The summed E-state index contributed by atoms with van der Waals surface area (Å²) in [5, 5.41) is 9.31. The van der Waals surface area contributed by atoms with Crippen LogP contribution in [0.4, 0.5) is 0 Å². The SMILES string of the molecule is CN(Cc1ccncc1)CC(C#N)c1ccccc1. The van der Waals surface area contributed by atoms with E-state index in [9.17, 15) is 5.26 Å². The van der Waals surface area contributed by atoms with Crippen LogP contribution in [0, 0.1) is 11.3 Å². The molecule has 0 saturated carbocycles. The van der Waals surface area contributed by atoms with E-state index < -0.39 is 0 Å². The molecule has 2 rings (SSSR count). The normalized spacial score (nSPS) is 12.1. The van der Waals surface area contributed by atoms with Gasteiger partial charge in [-0.1, -0.05) is 30.3 Å². The first kappa shape index (κ1) is 13.3. The molecule has 96 valence electrons. The molecule has 0 saturated heterocycles. The molecule has 1 heterocycles. The number of pyridine rings is 1. The molecule has 3 nitrogen and oxygen atoms in total. The number of nitriles is 1. The van der Waals surface area contributed by atoms with Crippen molar-refractivity contribution in [2.75, 3.05) is 13.6 Å². The molecule has 1 atom stereocenters. The highest BCUT2D eigenvalue weighted by Gasteiger charge is 2.13. The summed E-state index contributed by atoms with van der Waals surface area (Å²) < 4.78 is 0. The lowest BCUT2D eigenvalue weighted by molar-refractivity contribution is 0.320. The van der Waals surface area contributed by atoms with E-state index in [2.05, 4.69) is 16.0 Å². The molecule has 0 spiro atoms. The lowest BCUT2D eigenvalue weighted by Crippen LogP contribution is -2.23. The molecule has 0 aliphatic carbocycles. The quantitative estimate of drug-likeness (QED) is 0.820. The van der Waals surface area contributed by atoms with Crippen LogP contribution in [0.3, 0.4) is 0 Å². The zero-order valence-electron chi connectivity index (χ0n) is 11.0. The maximum atomic E-state index is 9.31. The topological polar surface area (TPSA) is 39.9 Å². The van der Waals surface area contributed by atoms with Crippen molar-refractivity contribution in [1.82, 2.24) is 9.88 Å². The van der Waals surface area contributed by atoms with Crippen molar-refractivity contribution in [3.05, 3.63) is 66.0 Å². The average Bonchev–Trinajstić information content (AvgIpc) is 2.47. The predicted molar refractivity (Wildman–Crippen MR) is 75.4 cm³/mol. The van der Waals surface area contributed by atoms with Gasteiger partial charge in [0.15, 0.2) is 0 Å². The smallest absolute Gasteiger partial charge is 0.0839 e. The standard InChI is InChI=1S/C16H17N3/c1-19(12-14-7-9-18-10-8-14)13-16(11-17)15-5-3-2-4-6-15/h2-10,16H,12-13H2,1H3. The summed E-state index contributed by atoms with van der Waals surface area (Å²) in [4.78, 5) is 6.17. The molecule has 0 bridgehead atoms. The Bertz CT molecular complexity index is 531. The van der Waals surface area contributed by atoms with Crippen molar-refractivity contribution in [2.24, 2.45) is 0 Å². The van der Waals surface area contributed by atoms with Gasteiger partial charge in [-0.2, -0.15) is 5.26 Å². The number of hydrogen-bond donors (Lipinski definition) is 0. The zero-order chi connectivity index (χ0) is 13.5. The summed E-state index contributed by atoms with van der Waals surface area (Å²) in [5.74, 6) is -0.0898. The maximum Gasteiger partial charge on any atom is 0.0839 e. The van der Waals surface area contributed by atoms with E-state index in [1.165, 1.54) is 5.56 Å². The van der Waals surface area contributed by atoms with Gasteiger partial charge in [0.1, 0.15) is 0 Å². The van der Waals surface area contributed by atoms with Crippen molar-refractivity contribution in [1.29, 1.82) is 5.26 Å². The predicted octanol–water partition coefficient (Wildman–Crippen LogP) is 2.82. The highest BCUT2D eigenvalue weighted by molar-refractivity contribution is 5.25.